The molecule has 1 aliphatic heterocycles. The van der Waals surface area contributed by atoms with Gasteiger partial charge in [-0.05, 0) is 30.4 Å². The predicted octanol–water partition coefficient (Wildman–Crippen LogP) is 2.33. The summed E-state index contributed by atoms with van der Waals surface area (Å²) in [6.45, 7) is 1.96. The van der Waals surface area contributed by atoms with Gasteiger partial charge in [-0.25, -0.2) is 4.79 Å². The van der Waals surface area contributed by atoms with Gasteiger partial charge in [-0.15, -0.1) is 0 Å². The summed E-state index contributed by atoms with van der Waals surface area (Å²) in [6.07, 6.45) is 0.570. The van der Waals surface area contributed by atoms with Gasteiger partial charge in [0.2, 0.25) is 5.60 Å². The maximum atomic E-state index is 11.3. The van der Waals surface area contributed by atoms with Crippen LogP contribution in [-0.4, -0.2) is 28.2 Å². The maximum Gasteiger partial charge on any atom is 0.348 e. The van der Waals surface area contributed by atoms with E-state index in [-0.39, 0.29) is 0 Å². The van der Waals surface area contributed by atoms with Crippen molar-refractivity contribution in [3.63, 3.8) is 0 Å². The number of hydrogen-bond donors (Lipinski definition) is 1. The van der Waals surface area contributed by atoms with Gasteiger partial charge < -0.3 is 9.84 Å². The summed E-state index contributed by atoms with van der Waals surface area (Å²) in [6, 6.07) is 7.51. The van der Waals surface area contributed by atoms with Crippen LogP contribution in [0.15, 0.2) is 24.3 Å². The van der Waals surface area contributed by atoms with Crippen LogP contribution in [0.1, 0.15) is 12.0 Å². The average molecular weight is 238 g/mol. The van der Waals surface area contributed by atoms with Crippen molar-refractivity contribution in [2.45, 2.75) is 18.9 Å². The molecule has 1 saturated heterocycles. The highest BCUT2D eigenvalue weighted by molar-refractivity contribution is 7.99. The lowest BCUT2D eigenvalue weighted by atomic mass is 10.0. The van der Waals surface area contributed by atoms with Crippen LogP contribution in [0.5, 0.6) is 5.75 Å². The largest absolute Gasteiger partial charge is 0.478 e. The number of carbonyl (C=O) groups is 1. The van der Waals surface area contributed by atoms with Crippen molar-refractivity contribution in [2.75, 3.05) is 11.5 Å². The first kappa shape index (κ1) is 11.3. The lowest BCUT2D eigenvalue weighted by Gasteiger charge is -2.24. The van der Waals surface area contributed by atoms with Crippen molar-refractivity contribution in [1.82, 2.24) is 0 Å². The Labute approximate surface area is 98.8 Å². The van der Waals surface area contributed by atoms with Gasteiger partial charge in [0.1, 0.15) is 5.75 Å². The minimum absolute atomic E-state index is 0.524. The third-order valence-corrected chi connectivity index (χ3v) is 3.84. The normalized spacial score (nSPS) is 24.3. The lowest BCUT2D eigenvalue weighted by molar-refractivity contribution is -0.153. The minimum Gasteiger partial charge on any atom is -0.478 e. The Morgan fingerprint density at radius 1 is 1.56 bits per heavy atom. The van der Waals surface area contributed by atoms with E-state index in [0.29, 0.717) is 17.9 Å². The topological polar surface area (TPSA) is 46.5 Å². The van der Waals surface area contributed by atoms with E-state index in [1.165, 1.54) is 0 Å². The molecule has 2 rings (SSSR count). The maximum absolute atomic E-state index is 11.3. The molecular weight excluding hydrogens is 224 g/mol. The highest BCUT2D eigenvalue weighted by Gasteiger charge is 2.44. The molecule has 16 heavy (non-hydrogen) atoms. The molecule has 0 amide bonds. The van der Waals surface area contributed by atoms with Crippen LogP contribution in [0, 0.1) is 6.92 Å². The van der Waals surface area contributed by atoms with Crippen LogP contribution >= 0.6 is 11.8 Å². The molecule has 0 spiro atoms. The number of aliphatic carboxylic acids is 1. The Morgan fingerprint density at radius 2 is 2.38 bits per heavy atom. The lowest BCUT2D eigenvalue weighted by Crippen LogP contribution is -2.44. The molecule has 4 heteroatoms. The molecule has 0 aliphatic carbocycles. The standard InChI is InChI=1S/C12H14O3S/c1-9-3-2-4-10(7-9)15-12(11(13)14)5-6-16-8-12/h2-4,7H,5-6,8H2,1H3,(H,13,14). The first-order valence-corrected chi connectivity index (χ1v) is 6.35. The van der Waals surface area contributed by atoms with E-state index >= 15 is 0 Å². The minimum atomic E-state index is -1.03. The second-order valence-corrected chi connectivity index (χ2v) is 5.13. The summed E-state index contributed by atoms with van der Waals surface area (Å²) >= 11 is 1.63. The number of hydrogen-bond acceptors (Lipinski definition) is 3. The third kappa shape index (κ3) is 2.16. The molecule has 0 aromatic heterocycles. The zero-order chi connectivity index (χ0) is 11.6. The summed E-state index contributed by atoms with van der Waals surface area (Å²) < 4.78 is 5.68. The summed E-state index contributed by atoms with van der Waals surface area (Å²) in [5.74, 6) is 1.15. The smallest absolute Gasteiger partial charge is 0.348 e. The van der Waals surface area contributed by atoms with Gasteiger partial charge in [-0.2, -0.15) is 11.8 Å². The van der Waals surface area contributed by atoms with Gasteiger partial charge in [-0.3, -0.25) is 0 Å². The molecule has 3 nitrogen and oxygen atoms in total. The number of carboxylic acids is 1. The Morgan fingerprint density at radius 3 is 2.94 bits per heavy atom. The zero-order valence-corrected chi connectivity index (χ0v) is 9.92. The van der Waals surface area contributed by atoms with Crippen molar-refractivity contribution in [1.29, 1.82) is 0 Å². The quantitative estimate of drug-likeness (QED) is 0.878. The third-order valence-electron chi connectivity index (χ3n) is 2.68. The summed E-state index contributed by atoms with van der Waals surface area (Å²) in [7, 11) is 0. The summed E-state index contributed by atoms with van der Waals surface area (Å²) in [4.78, 5) is 11.3. The SMILES string of the molecule is Cc1cccc(OC2(C(=O)O)CCSC2)c1. The van der Waals surface area contributed by atoms with Gasteiger partial charge in [0, 0.05) is 12.2 Å². The number of ether oxygens (including phenoxy) is 1. The van der Waals surface area contributed by atoms with Crippen molar-refractivity contribution >= 4 is 17.7 Å². The molecule has 1 N–H and O–H groups in total. The molecule has 1 aliphatic rings. The Hall–Kier alpha value is -1.16. The molecule has 1 aromatic carbocycles. The molecule has 0 saturated carbocycles. The average Bonchev–Trinajstić information content (AvgIpc) is 2.67. The van der Waals surface area contributed by atoms with Gasteiger partial charge >= 0.3 is 5.97 Å². The number of rotatable bonds is 3. The van der Waals surface area contributed by atoms with Crippen LogP contribution in [0.3, 0.4) is 0 Å². The number of aryl methyl sites for hydroxylation is 1. The molecule has 1 unspecified atom stereocenters. The summed E-state index contributed by atoms with van der Waals surface area (Å²) in [5, 5.41) is 9.26. The van der Waals surface area contributed by atoms with Crippen LogP contribution in [-0.2, 0) is 4.79 Å². The van der Waals surface area contributed by atoms with E-state index in [9.17, 15) is 9.90 Å². The Balaban J connectivity index is 2.21. The van der Waals surface area contributed by atoms with Crippen molar-refractivity contribution in [3.05, 3.63) is 29.8 Å². The van der Waals surface area contributed by atoms with E-state index in [4.69, 9.17) is 4.74 Å². The Kier molecular flexibility index (Phi) is 3.10. The fourth-order valence-corrected chi connectivity index (χ4v) is 3.02. The van der Waals surface area contributed by atoms with Crippen molar-refractivity contribution in [2.24, 2.45) is 0 Å². The molecule has 86 valence electrons. The highest BCUT2D eigenvalue weighted by atomic mass is 32.2. The highest BCUT2D eigenvalue weighted by Crippen LogP contribution is 2.33. The van der Waals surface area contributed by atoms with Crippen LogP contribution in [0.2, 0.25) is 0 Å². The molecule has 1 atom stereocenters. The summed E-state index contributed by atoms with van der Waals surface area (Å²) in [5.41, 5.74) is 0.0436. The first-order valence-electron chi connectivity index (χ1n) is 5.19. The van der Waals surface area contributed by atoms with E-state index < -0.39 is 11.6 Å². The van der Waals surface area contributed by atoms with Crippen LogP contribution in [0.4, 0.5) is 0 Å². The van der Waals surface area contributed by atoms with Gasteiger partial charge in [0.25, 0.3) is 0 Å². The van der Waals surface area contributed by atoms with Gasteiger partial charge in [0.05, 0.1) is 0 Å². The van der Waals surface area contributed by atoms with E-state index in [2.05, 4.69) is 0 Å². The van der Waals surface area contributed by atoms with Gasteiger partial charge in [-0.1, -0.05) is 12.1 Å². The predicted molar refractivity (Wildman–Crippen MR) is 64.1 cm³/mol. The zero-order valence-electron chi connectivity index (χ0n) is 9.10. The fourth-order valence-electron chi connectivity index (χ4n) is 1.74. The number of benzene rings is 1. The van der Waals surface area contributed by atoms with Gasteiger partial charge in [0.15, 0.2) is 0 Å². The molecule has 1 heterocycles. The second-order valence-electron chi connectivity index (χ2n) is 4.02. The number of carboxylic acid groups (broad SMARTS) is 1. The number of thioether (sulfide) groups is 1. The molecule has 1 aromatic rings. The Bertz CT molecular complexity index is 397. The monoisotopic (exact) mass is 238 g/mol. The molecule has 0 radical (unpaired) electrons. The molecule has 1 fully saturated rings. The van der Waals surface area contributed by atoms with E-state index in [1.807, 2.05) is 25.1 Å². The molecular formula is C12H14O3S. The van der Waals surface area contributed by atoms with Crippen LogP contribution < -0.4 is 4.74 Å². The van der Waals surface area contributed by atoms with Crippen molar-refractivity contribution in [3.8, 4) is 5.75 Å². The first-order chi connectivity index (χ1) is 7.62. The van der Waals surface area contributed by atoms with Crippen molar-refractivity contribution < 1.29 is 14.6 Å². The molecule has 0 bridgehead atoms. The van der Waals surface area contributed by atoms with E-state index in [1.54, 1.807) is 17.8 Å². The van der Waals surface area contributed by atoms with E-state index in [0.717, 1.165) is 11.3 Å². The van der Waals surface area contributed by atoms with Crippen LogP contribution in [0.25, 0.3) is 0 Å². The fraction of sp³-hybridized carbons (Fsp3) is 0.417. The second kappa shape index (κ2) is 4.37.